The Morgan fingerprint density at radius 2 is 1.70 bits per heavy atom. The predicted molar refractivity (Wildman–Crippen MR) is 84.2 cm³/mol. The number of esters is 2. The van der Waals surface area contributed by atoms with Crippen LogP contribution in [0.3, 0.4) is 0 Å². The van der Waals surface area contributed by atoms with Crippen molar-refractivity contribution >= 4 is 11.9 Å². The minimum atomic E-state index is -0.594. The van der Waals surface area contributed by atoms with Gasteiger partial charge in [0.15, 0.2) is 0 Å². The van der Waals surface area contributed by atoms with Gasteiger partial charge in [-0.25, -0.2) is 0 Å². The zero-order valence-electron chi connectivity index (χ0n) is 14.4. The number of hydrogen-bond acceptors (Lipinski definition) is 4. The lowest BCUT2D eigenvalue weighted by molar-refractivity contribution is -0.197. The molecule has 0 unspecified atom stereocenters. The maximum Gasteiger partial charge on any atom is 0.320 e. The second-order valence-corrected chi connectivity index (χ2v) is 9.17. The highest BCUT2D eigenvalue weighted by Crippen LogP contribution is 2.67. The van der Waals surface area contributed by atoms with Gasteiger partial charge in [-0.3, -0.25) is 9.59 Å². The van der Waals surface area contributed by atoms with Crippen LogP contribution in [-0.2, 0) is 14.3 Å². The molecule has 4 aliphatic rings. The summed E-state index contributed by atoms with van der Waals surface area (Å²) in [6.45, 7) is 6.28. The van der Waals surface area contributed by atoms with Crippen molar-refractivity contribution in [3.63, 3.8) is 0 Å². The summed E-state index contributed by atoms with van der Waals surface area (Å²) in [6, 6.07) is 0. The third-order valence-corrected chi connectivity index (χ3v) is 8.53. The Bertz CT molecular complexity index is 568. The van der Waals surface area contributed by atoms with Gasteiger partial charge in [-0.15, -0.1) is 0 Å². The van der Waals surface area contributed by atoms with Crippen LogP contribution in [0.4, 0.5) is 0 Å². The molecule has 1 N–H and O–H groups in total. The fraction of sp³-hybridized carbons (Fsp3) is 0.895. The summed E-state index contributed by atoms with van der Waals surface area (Å²) in [4.78, 5) is 24.3. The molecule has 3 saturated carbocycles. The largest absolute Gasteiger partial charge is 0.393 e. The maximum absolute atomic E-state index is 12.6. The van der Waals surface area contributed by atoms with Crippen LogP contribution >= 0.6 is 0 Å². The average molecular weight is 320 g/mol. The Labute approximate surface area is 138 Å². The Hall–Kier alpha value is -0.900. The van der Waals surface area contributed by atoms with E-state index < -0.39 is 11.0 Å². The molecule has 4 fully saturated rings. The average Bonchev–Trinajstić information content (AvgIpc) is 2.71. The zero-order valence-corrected chi connectivity index (χ0v) is 14.4. The van der Waals surface area contributed by atoms with Crippen LogP contribution in [0.15, 0.2) is 0 Å². The van der Waals surface area contributed by atoms with Gasteiger partial charge in [0.25, 0.3) is 0 Å². The van der Waals surface area contributed by atoms with Gasteiger partial charge in [0.1, 0.15) is 0 Å². The Balaban J connectivity index is 1.69. The minimum Gasteiger partial charge on any atom is -0.393 e. The van der Waals surface area contributed by atoms with Crippen LogP contribution in [0, 0.1) is 34.5 Å². The van der Waals surface area contributed by atoms with E-state index in [1.165, 1.54) is 0 Å². The molecular weight excluding hydrogens is 292 g/mol. The normalized spacial score (nSPS) is 55.7. The standard InChI is InChI=1S/C19H28O4/c1-17-8-6-14-12(13(17)7-9-18(17,2)22)5-4-11-10-15(20)23-16(21)19(11,14)3/h11-14,22H,4-10H2,1-3H3/t11-,12-,13-,14-,17-,18-,19-/m0/s1. The van der Waals surface area contributed by atoms with Crippen LogP contribution in [0.5, 0.6) is 0 Å². The summed E-state index contributed by atoms with van der Waals surface area (Å²) in [5.74, 6) is 0.768. The highest BCUT2D eigenvalue weighted by atomic mass is 16.6. The number of cyclic esters (lactones) is 2. The molecule has 23 heavy (non-hydrogen) atoms. The smallest absolute Gasteiger partial charge is 0.320 e. The molecule has 0 bridgehead atoms. The lowest BCUT2D eigenvalue weighted by atomic mass is 9.46. The first kappa shape index (κ1) is 15.6. The van der Waals surface area contributed by atoms with E-state index in [1.807, 2.05) is 13.8 Å². The van der Waals surface area contributed by atoms with Crippen molar-refractivity contribution in [1.29, 1.82) is 0 Å². The summed E-state index contributed by atoms with van der Waals surface area (Å²) < 4.78 is 5.06. The van der Waals surface area contributed by atoms with Gasteiger partial charge >= 0.3 is 11.9 Å². The van der Waals surface area contributed by atoms with Crippen molar-refractivity contribution < 1.29 is 19.4 Å². The molecule has 1 aliphatic heterocycles. The fourth-order valence-corrected chi connectivity index (χ4v) is 6.76. The predicted octanol–water partition coefficient (Wildman–Crippen LogP) is 3.07. The van der Waals surface area contributed by atoms with E-state index in [1.54, 1.807) is 0 Å². The SMILES string of the molecule is C[C@]12C(=O)OC(=O)C[C@@H]1CC[C@@H]1[C@@H]2CC[C@@]2(C)[C@H]1CC[C@]2(C)O. The molecule has 0 spiro atoms. The van der Waals surface area contributed by atoms with Gasteiger partial charge in [-0.1, -0.05) is 6.92 Å². The first-order valence-corrected chi connectivity index (χ1v) is 9.17. The number of ether oxygens (including phenoxy) is 1. The summed E-state index contributed by atoms with van der Waals surface area (Å²) >= 11 is 0. The molecule has 4 rings (SSSR count). The molecular formula is C19H28O4. The molecule has 0 radical (unpaired) electrons. The van der Waals surface area contributed by atoms with Crippen molar-refractivity contribution in [2.24, 2.45) is 34.5 Å². The number of rotatable bonds is 0. The second kappa shape index (κ2) is 4.59. The highest BCUT2D eigenvalue weighted by Gasteiger charge is 2.65. The second-order valence-electron chi connectivity index (χ2n) is 9.17. The van der Waals surface area contributed by atoms with Crippen LogP contribution in [0.1, 0.15) is 65.7 Å². The van der Waals surface area contributed by atoms with Crippen LogP contribution in [-0.4, -0.2) is 22.6 Å². The van der Waals surface area contributed by atoms with E-state index in [-0.39, 0.29) is 23.3 Å². The molecule has 7 atom stereocenters. The van der Waals surface area contributed by atoms with Crippen molar-refractivity contribution in [3.05, 3.63) is 0 Å². The van der Waals surface area contributed by atoms with E-state index in [9.17, 15) is 14.7 Å². The molecule has 128 valence electrons. The summed E-state index contributed by atoms with van der Waals surface area (Å²) in [7, 11) is 0. The molecule has 0 aromatic rings. The Morgan fingerprint density at radius 3 is 2.43 bits per heavy atom. The minimum absolute atomic E-state index is 0.0360. The van der Waals surface area contributed by atoms with E-state index >= 15 is 0 Å². The molecule has 0 aromatic carbocycles. The summed E-state index contributed by atoms with van der Waals surface area (Å²) in [5.41, 5.74) is -1.14. The summed E-state index contributed by atoms with van der Waals surface area (Å²) in [6.07, 6.45) is 6.26. The van der Waals surface area contributed by atoms with E-state index in [0.29, 0.717) is 24.2 Å². The Kier molecular flexibility index (Phi) is 3.12. The van der Waals surface area contributed by atoms with Gasteiger partial charge < -0.3 is 9.84 Å². The van der Waals surface area contributed by atoms with Gasteiger partial charge in [0, 0.05) is 6.42 Å². The number of hydrogen-bond donors (Lipinski definition) is 1. The molecule has 4 heteroatoms. The Morgan fingerprint density at radius 1 is 1.00 bits per heavy atom. The third-order valence-electron chi connectivity index (χ3n) is 8.53. The molecule has 3 aliphatic carbocycles. The first-order chi connectivity index (χ1) is 10.7. The molecule has 0 aromatic heterocycles. The molecule has 1 heterocycles. The lowest BCUT2D eigenvalue weighted by Crippen LogP contribution is -2.59. The number of carbonyl (C=O) groups excluding carboxylic acids is 2. The monoisotopic (exact) mass is 320 g/mol. The number of aliphatic hydroxyl groups is 1. The topological polar surface area (TPSA) is 63.6 Å². The molecule has 0 amide bonds. The van der Waals surface area contributed by atoms with Crippen molar-refractivity contribution in [3.8, 4) is 0 Å². The maximum atomic E-state index is 12.6. The highest BCUT2D eigenvalue weighted by molar-refractivity contribution is 5.92. The number of carbonyl (C=O) groups is 2. The van der Waals surface area contributed by atoms with Gasteiger partial charge in [-0.2, -0.15) is 0 Å². The summed E-state index contributed by atoms with van der Waals surface area (Å²) in [5, 5.41) is 10.9. The molecule has 1 saturated heterocycles. The quantitative estimate of drug-likeness (QED) is 0.550. The van der Waals surface area contributed by atoms with E-state index in [0.717, 1.165) is 38.5 Å². The van der Waals surface area contributed by atoms with Crippen LogP contribution < -0.4 is 0 Å². The van der Waals surface area contributed by atoms with E-state index in [2.05, 4.69) is 6.92 Å². The van der Waals surface area contributed by atoms with Crippen molar-refractivity contribution in [2.45, 2.75) is 71.3 Å². The lowest BCUT2D eigenvalue weighted by Gasteiger charge is -2.59. The van der Waals surface area contributed by atoms with Gasteiger partial charge in [0.2, 0.25) is 0 Å². The van der Waals surface area contributed by atoms with Crippen molar-refractivity contribution in [2.75, 3.05) is 0 Å². The van der Waals surface area contributed by atoms with Gasteiger partial charge in [-0.05, 0) is 81.5 Å². The number of fused-ring (bicyclic) bond motifs is 5. The fourth-order valence-electron chi connectivity index (χ4n) is 6.76. The third kappa shape index (κ3) is 1.82. The van der Waals surface area contributed by atoms with Crippen LogP contribution in [0.2, 0.25) is 0 Å². The zero-order chi connectivity index (χ0) is 16.6. The molecule has 4 nitrogen and oxygen atoms in total. The van der Waals surface area contributed by atoms with Crippen molar-refractivity contribution in [1.82, 2.24) is 0 Å². The first-order valence-electron chi connectivity index (χ1n) is 9.17. The van der Waals surface area contributed by atoms with Gasteiger partial charge in [0.05, 0.1) is 11.0 Å². The van der Waals surface area contributed by atoms with E-state index in [4.69, 9.17) is 4.74 Å². The van der Waals surface area contributed by atoms with Crippen LogP contribution in [0.25, 0.3) is 0 Å².